The lowest BCUT2D eigenvalue weighted by Gasteiger charge is -2.18. The predicted molar refractivity (Wildman–Crippen MR) is 87.9 cm³/mol. The van der Waals surface area contributed by atoms with Crippen molar-refractivity contribution in [2.24, 2.45) is 5.73 Å². The maximum absolute atomic E-state index is 11.1. The lowest BCUT2D eigenvalue weighted by molar-refractivity contribution is -0.137. The van der Waals surface area contributed by atoms with Gasteiger partial charge in [0.15, 0.2) is 0 Å². The molecule has 0 aromatic heterocycles. The van der Waals surface area contributed by atoms with Crippen LogP contribution in [-0.2, 0) is 4.79 Å². The van der Waals surface area contributed by atoms with E-state index in [9.17, 15) is 9.59 Å². The van der Waals surface area contributed by atoms with Crippen molar-refractivity contribution < 1.29 is 19.8 Å². The van der Waals surface area contributed by atoms with E-state index in [0.29, 0.717) is 16.1 Å². The lowest BCUT2D eigenvalue weighted by atomic mass is 9.88. The standard InChI is InChI=1S/C17H16ClNO4/c18-13-4-5-14(12(9-19)7-16(20)21)15(8-13)10-2-1-3-11(6-10)17(22)23/h1-6,8,12H,7,9,19H2,(H,20,21)(H,22,23). The number of hydrogen-bond donors (Lipinski definition) is 3. The first-order chi connectivity index (χ1) is 10.9. The molecule has 0 saturated carbocycles. The summed E-state index contributed by atoms with van der Waals surface area (Å²) in [6.07, 6.45) is -0.107. The van der Waals surface area contributed by atoms with Crippen LogP contribution in [0.2, 0.25) is 5.02 Å². The first-order valence-electron chi connectivity index (χ1n) is 6.97. The van der Waals surface area contributed by atoms with E-state index >= 15 is 0 Å². The fourth-order valence-corrected chi connectivity index (χ4v) is 2.66. The van der Waals surface area contributed by atoms with Gasteiger partial charge in [0.2, 0.25) is 0 Å². The number of benzene rings is 2. The van der Waals surface area contributed by atoms with Crippen molar-refractivity contribution in [1.29, 1.82) is 0 Å². The number of aromatic carboxylic acids is 1. The highest BCUT2D eigenvalue weighted by atomic mass is 35.5. The molecular weight excluding hydrogens is 318 g/mol. The van der Waals surface area contributed by atoms with Crippen molar-refractivity contribution in [2.45, 2.75) is 12.3 Å². The molecule has 0 fully saturated rings. The van der Waals surface area contributed by atoms with Crippen LogP contribution in [0.5, 0.6) is 0 Å². The summed E-state index contributed by atoms with van der Waals surface area (Å²) in [5.41, 5.74) is 7.96. The molecule has 0 bridgehead atoms. The van der Waals surface area contributed by atoms with Crippen molar-refractivity contribution in [3.63, 3.8) is 0 Å². The molecule has 0 heterocycles. The second-order valence-electron chi connectivity index (χ2n) is 5.15. The highest BCUT2D eigenvalue weighted by molar-refractivity contribution is 6.30. The Morgan fingerprint density at radius 3 is 2.48 bits per heavy atom. The number of carboxylic acid groups (broad SMARTS) is 2. The van der Waals surface area contributed by atoms with Gasteiger partial charge in [0.25, 0.3) is 0 Å². The maximum Gasteiger partial charge on any atom is 0.335 e. The summed E-state index contributed by atoms with van der Waals surface area (Å²) >= 11 is 6.06. The fourth-order valence-electron chi connectivity index (χ4n) is 2.49. The third-order valence-corrected chi connectivity index (χ3v) is 3.82. The summed E-state index contributed by atoms with van der Waals surface area (Å²) in [5, 5.41) is 18.7. The molecule has 0 radical (unpaired) electrons. The van der Waals surface area contributed by atoms with Gasteiger partial charge < -0.3 is 15.9 Å². The summed E-state index contributed by atoms with van der Waals surface area (Å²) in [6, 6.07) is 11.5. The van der Waals surface area contributed by atoms with Crippen LogP contribution in [0.15, 0.2) is 42.5 Å². The summed E-state index contributed by atoms with van der Waals surface area (Å²) in [4.78, 5) is 22.2. The Kier molecular flexibility index (Phi) is 5.36. The van der Waals surface area contributed by atoms with Gasteiger partial charge in [0.1, 0.15) is 0 Å². The molecule has 1 unspecified atom stereocenters. The molecule has 2 rings (SSSR count). The summed E-state index contributed by atoms with van der Waals surface area (Å²) < 4.78 is 0. The van der Waals surface area contributed by atoms with Crippen LogP contribution < -0.4 is 5.73 Å². The number of rotatable bonds is 6. The monoisotopic (exact) mass is 333 g/mol. The van der Waals surface area contributed by atoms with Crippen molar-refractivity contribution >= 4 is 23.5 Å². The second-order valence-corrected chi connectivity index (χ2v) is 5.58. The highest BCUT2D eigenvalue weighted by Crippen LogP contribution is 2.33. The fraction of sp³-hybridized carbons (Fsp3) is 0.176. The van der Waals surface area contributed by atoms with Crippen LogP contribution in [0.3, 0.4) is 0 Å². The molecular formula is C17H16ClNO4. The second kappa shape index (κ2) is 7.26. The molecule has 0 saturated heterocycles. The average molecular weight is 334 g/mol. The zero-order valence-corrected chi connectivity index (χ0v) is 13.0. The van der Waals surface area contributed by atoms with E-state index in [1.165, 1.54) is 12.1 Å². The number of halogens is 1. The smallest absolute Gasteiger partial charge is 0.335 e. The Bertz CT molecular complexity index is 745. The van der Waals surface area contributed by atoms with Crippen LogP contribution >= 0.6 is 11.6 Å². The van der Waals surface area contributed by atoms with E-state index in [0.717, 1.165) is 5.56 Å². The normalized spacial score (nSPS) is 11.9. The van der Waals surface area contributed by atoms with Crippen LogP contribution in [-0.4, -0.2) is 28.7 Å². The predicted octanol–water partition coefficient (Wildman–Crippen LogP) is 3.22. The molecule has 2 aromatic carbocycles. The Hall–Kier alpha value is -2.37. The van der Waals surface area contributed by atoms with E-state index in [2.05, 4.69) is 0 Å². The van der Waals surface area contributed by atoms with Crippen molar-refractivity contribution in [2.75, 3.05) is 6.54 Å². The van der Waals surface area contributed by atoms with Gasteiger partial charge in [0, 0.05) is 10.9 Å². The van der Waals surface area contributed by atoms with Crippen LogP contribution in [0.25, 0.3) is 11.1 Å². The topological polar surface area (TPSA) is 101 Å². The summed E-state index contributed by atoms with van der Waals surface area (Å²) in [6.45, 7) is 0.166. The third-order valence-electron chi connectivity index (χ3n) is 3.58. The minimum Gasteiger partial charge on any atom is -0.481 e. The largest absolute Gasteiger partial charge is 0.481 e. The van der Waals surface area contributed by atoms with Gasteiger partial charge in [-0.05, 0) is 47.5 Å². The van der Waals surface area contributed by atoms with Gasteiger partial charge in [-0.25, -0.2) is 4.79 Å². The molecule has 5 nitrogen and oxygen atoms in total. The molecule has 0 amide bonds. The molecule has 0 spiro atoms. The molecule has 120 valence electrons. The zero-order valence-electron chi connectivity index (χ0n) is 12.2. The van der Waals surface area contributed by atoms with Crippen LogP contribution in [0.4, 0.5) is 0 Å². The molecule has 6 heteroatoms. The summed E-state index contributed by atoms with van der Waals surface area (Å²) in [5.74, 6) is -2.36. The quantitative estimate of drug-likeness (QED) is 0.753. The number of aliphatic carboxylic acids is 1. The Morgan fingerprint density at radius 2 is 1.87 bits per heavy atom. The van der Waals surface area contributed by atoms with Crippen molar-refractivity contribution in [3.8, 4) is 11.1 Å². The van der Waals surface area contributed by atoms with E-state index in [1.807, 2.05) is 0 Å². The lowest BCUT2D eigenvalue weighted by Crippen LogP contribution is -2.17. The average Bonchev–Trinajstić information content (AvgIpc) is 2.52. The third kappa shape index (κ3) is 4.09. The number of carbonyl (C=O) groups is 2. The van der Waals surface area contributed by atoms with Gasteiger partial charge in [-0.15, -0.1) is 0 Å². The molecule has 0 aliphatic rings. The minimum absolute atomic E-state index is 0.107. The van der Waals surface area contributed by atoms with Gasteiger partial charge in [0.05, 0.1) is 12.0 Å². The molecule has 23 heavy (non-hydrogen) atoms. The van der Waals surface area contributed by atoms with Crippen molar-refractivity contribution in [1.82, 2.24) is 0 Å². The molecule has 0 aliphatic heterocycles. The first-order valence-corrected chi connectivity index (χ1v) is 7.35. The van der Waals surface area contributed by atoms with E-state index in [1.54, 1.807) is 30.3 Å². The summed E-state index contributed by atoms with van der Waals surface area (Å²) in [7, 11) is 0. The van der Waals surface area contributed by atoms with Gasteiger partial charge in [-0.3, -0.25) is 4.79 Å². The highest BCUT2D eigenvalue weighted by Gasteiger charge is 2.19. The van der Waals surface area contributed by atoms with E-state index < -0.39 is 11.9 Å². The molecule has 0 aliphatic carbocycles. The first kappa shape index (κ1) is 17.0. The van der Waals surface area contributed by atoms with Gasteiger partial charge in [-0.1, -0.05) is 29.8 Å². The molecule has 4 N–H and O–H groups in total. The Balaban J connectivity index is 2.57. The van der Waals surface area contributed by atoms with E-state index in [-0.39, 0.29) is 24.4 Å². The number of hydrogen-bond acceptors (Lipinski definition) is 3. The van der Waals surface area contributed by atoms with Crippen molar-refractivity contribution in [3.05, 3.63) is 58.6 Å². The van der Waals surface area contributed by atoms with Crippen LogP contribution in [0, 0.1) is 0 Å². The van der Waals surface area contributed by atoms with Crippen LogP contribution in [0.1, 0.15) is 28.3 Å². The van der Waals surface area contributed by atoms with E-state index in [4.69, 9.17) is 27.5 Å². The SMILES string of the molecule is NCC(CC(=O)O)c1ccc(Cl)cc1-c1cccc(C(=O)O)c1. The number of nitrogens with two attached hydrogens (primary N) is 1. The maximum atomic E-state index is 11.1. The number of carboxylic acids is 2. The van der Waals surface area contributed by atoms with Gasteiger partial charge in [-0.2, -0.15) is 0 Å². The zero-order chi connectivity index (χ0) is 17.0. The molecule has 1 atom stereocenters. The Labute approximate surface area is 138 Å². The molecule has 2 aromatic rings. The Morgan fingerprint density at radius 1 is 1.13 bits per heavy atom. The van der Waals surface area contributed by atoms with Gasteiger partial charge >= 0.3 is 11.9 Å². The minimum atomic E-state index is -1.03.